The van der Waals surface area contributed by atoms with E-state index in [0.717, 1.165) is 31.8 Å². The Balaban J connectivity index is 1.72. The summed E-state index contributed by atoms with van der Waals surface area (Å²) in [6.45, 7) is 5.83. The standard InChI is InChI=1S/C15H23N3O3S/c1-11-12(2)17-10-18(15(11)20)9-14(19)16-5-8-22-13-3-6-21-7-4-13/h10,13H,3-9H2,1-2H3,(H,16,19). The van der Waals surface area contributed by atoms with Gasteiger partial charge in [0.25, 0.3) is 5.56 Å². The van der Waals surface area contributed by atoms with E-state index in [4.69, 9.17) is 4.74 Å². The zero-order chi connectivity index (χ0) is 15.9. The lowest BCUT2D eigenvalue weighted by Crippen LogP contribution is -2.34. The molecule has 22 heavy (non-hydrogen) atoms. The first kappa shape index (κ1) is 17.0. The Morgan fingerprint density at radius 3 is 2.91 bits per heavy atom. The summed E-state index contributed by atoms with van der Waals surface area (Å²) < 4.78 is 6.67. The molecule has 0 unspecified atom stereocenters. The minimum absolute atomic E-state index is 0.0227. The number of amides is 1. The highest BCUT2D eigenvalue weighted by atomic mass is 32.2. The fraction of sp³-hybridized carbons (Fsp3) is 0.667. The smallest absolute Gasteiger partial charge is 0.256 e. The summed E-state index contributed by atoms with van der Waals surface area (Å²) in [6.07, 6.45) is 3.60. The van der Waals surface area contributed by atoms with Crippen LogP contribution in [0.1, 0.15) is 24.1 Å². The van der Waals surface area contributed by atoms with Crippen molar-refractivity contribution in [3.63, 3.8) is 0 Å². The van der Waals surface area contributed by atoms with Crippen LogP contribution in [0.15, 0.2) is 11.1 Å². The van der Waals surface area contributed by atoms with Crippen LogP contribution in [0.2, 0.25) is 0 Å². The van der Waals surface area contributed by atoms with Crippen LogP contribution in [0.5, 0.6) is 0 Å². The number of aryl methyl sites for hydroxylation is 1. The van der Waals surface area contributed by atoms with E-state index in [-0.39, 0.29) is 18.0 Å². The fourth-order valence-corrected chi connectivity index (χ4v) is 3.34. The van der Waals surface area contributed by atoms with E-state index >= 15 is 0 Å². The normalized spacial score (nSPS) is 15.7. The number of hydrogen-bond acceptors (Lipinski definition) is 5. The largest absolute Gasteiger partial charge is 0.381 e. The molecule has 1 amide bonds. The molecule has 1 aliphatic rings. The summed E-state index contributed by atoms with van der Waals surface area (Å²) in [5.74, 6) is 0.732. The highest BCUT2D eigenvalue weighted by Crippen LogP contribution is 2.21. The van der Waals surface area contributed by atoms with Gasteiger partial charge in [0.15, 0.2) is 0 Å². The molecule has 122 valence electrons. The van der Waals surface area contributed by atoms with Crippen molar-refractivity contribution < 1.29 is 9.53 Å². The molecule has 1 fully saturated rings. The number of nitrogens with zero attached hydrogens (tertiary/aromatic N) is 2. The van der Waals surface area contributed by atoms with Gasteiger partial charge in [-0.2, -0.15) is 11.8 Å². The number of hydrogen-bond donors (Lipinski definition) is 1. The van der Waals surface area contributed by atoms with E-state index in [1.165, 1.54) is 10.9 Å². The SMILES string of the molecule is Cc1ncn(CC(=O)NCCSC2CCOCC2)c(=O)c1C. The zero-order valence-corrected chi connectivity index (χ0v) is 13.9. The van der Waals surface area contributed by atoms with Crippen LogP contribution < -0.4 is 10.9 Å². The number of carbonyl (C=O) groups is 1. The van der Waals surface area contributed by atoms with E-state index in [2.05, 4.69) is 10.3 Å². The van der Waals surface area contributed by atoms with E-state index in [1.807, 2.05) is 11.8 Å². The van der Waals surface area contributed by atoms with Gasteiger partial charge in [-0.25, -0.2) is 4.98 Å². The van der Waals surface area contributed by atoms with E-state index in [0.29, 0.717) is 23.1 Å². The maximum absolute atomic E-state index is 12.0. The Kier molecular flexibility index (Phi) is 6.45. The van der Waals surface area contributed by atoms with Crippen molar-refractivity contribution in [2.24, 2.45) is 0 Å². The van der Waals surface area contributed by atoms with Gasteiger partial charge in [0, 0.05) is 42.0 Å². The molecule has 1 aromatic heterocycles. The second-order valence-corrected chi connectivity index (χ2v) is 6.83. The fourth-order valence-electron chi connectivity index (χ4n) is 2.26. The Hall–Kier alpha value is -1.34. The van der Waals surface area contributed by atoms with Crippen LogP contribution in [0.3, 0.4) is 0 Å². The molecule has 7 heteroatoms. The summed E-state index contributed by atoms with van der Waals surface area (Å²) in [5, 5.41) is 3.49. The van der Waals surface area contributed by atoms with Crippen LogP contribution >= 0.6 is 11.8 Å². The molecule has 0 bridgehead atoms. The molecule has 1 saturated heterocycles. The maximum atomic E-state index is 12.0. The molecular formula is C15H23N3O3S. The Bertz CT molecular complexity index is 568. The average Bonchev–Trinajstić information content (AvgIpc) is 2.53. The first-order valence-corrected chi connectivity index (χ1v) is 8.61. The number of nitrogens with one attached hydrogen (secondary N) is 1. The summed E-state index contributed by atoms with van der Waals surface area (Å²) in [4.78, 5) is 28.0. The second-order valence-electron chi connectivity index (χ2n) is 5.42. The molecule has 2 heterocycles. The molecule has 0 aromatic carbocycles. The number of aromatic nitrogens is 2. The van der Waals surface area contributed by atoms with Gasteiger partial charge in [0.05, 0.1) is 6.33 Å². The van der Waals surface area contributed by atoms with Gasteiger partial charge < -0.3 is 10.1 Å². The van der Waals surface area contributed by atoms with Crippen LogP contribution in [0.4, 0.5) is 0 Å². The Labute approximate surface area is 134 Å². The van der Waals surface area contributed by atoms with Crippen molar-refractivity contribution in [2.75, 3.05) is 25.5 Å². The molecule has 0 saturated carbocycles. The third kappa shape index (κ3) is 4.84. The van der Waals surface area contributed by atoms with E-state index < -0.39 is 0 Å². The van der Waals surface area contributed by atoms with E-state index in [1.54, 1.807) is 13.8 Å². The summed E-state index contributed by atoms with van der Waals surface area (Å²) >= 11 is 1.88. The van der Waals surface area contributed by atoms with Crippen molar-refractivity contribution in [3.8, 4) is 0 Å². The molecule has 6 nitrogen and oxygen atoms in total. The van der Waals surface area contributed by atoms with Crippen LogP contribution in [0, 0.1) is 13.8 Å². The van der Waals surface area contributed by atoms with Gasteiger partial charge in [-0.05, 0) is 26.7 Å². The van der Waals surface area contributed by atoms with Gasteiger partial charge >= 0.3 is 0 Å². The predicted octanol–water partition coefficient (Wildman–Crippen LogP) is 0.889. The highest BCUT2D eigenvalue weighted by molar-refractivity contribution is 7.99. The number of ether oxygens (including phenoxy) is 1. The van der Waals surface area contributed by atoms with Gasteiger partial charge in [0.2, 0.25) is 5.91 Å². The van der Waals surface area contributed by atoms with Crippen LogP contribution in [-0.2, 0) is 16.1 Å². The third-order valence-corrected chi connectivity index (χ3v) is 5.16. The topological polar surface area (TPSA) is 73.2 Å². The second kappa shape index (κ2) is 8.33. The average molecular weight is 325 g/mol. The molecule has 1 aliphatic heterocycles. The number of rotatable bonds is 6. The maximum Gasteiger partial charge on any atom is 0.256 e. The minimum Gasteiger partial charge on any atom is -0.381 e. The predicted molar refractivity (Wildman–Crippen MR) is 87.3 cm³/mol. The van der Waals surface area contributed by atoms with Crippen molar-refractivity contribution in [2.45, 2.75) is 38.5 Å². The molecule has 2 rings (SSSR count). The van der Waals surface area contributed by atoms with Gasteiger partial charge in [0.1, 0.15) is 6.54 Å². The molecule has 0 aliphatic carbocycles. The summed E-state index contributed by atoms with van der Waals surface area (Å²) in [6, 6.07) is 0. The molecule has 0 spiro atoms. The van der Waals surface area contributed by atoms with Gasteiger partial charge in [-0.3, -0.25) is 14.2 Å². The van der Waals surface area contributed by atoms with Crippen molar-refractivity contribution >= 4 is 17.7 Å². The van der Waals surface area contributed by atoms with Crippen LogP contribution in [0.25, 0.3) is 0 Å². The molecule has 0 atom stereocenters. The molecule has 1 N–H and O–H groups in total. The number of thioether (sulfide) groups is 1. The zero-order valence-electron chi connectivity index (χ0n) is 13.1. The highest BCUT2D eigenvalue weighted by Gasteiger charge is 2.14. The first-order valence-electron chi connectivity index (χ1n) is 7.56. The monoisotopic (exact) mass is 325 g/mol. The van der Waals surface area contributed by atoms with Crippen LogP contribution in [-0.4, -0.2) is 46.2 Å². The lowest BCUT2D eigenvalue weighted by Gasteiger charge is -2.21. The lowest BCUT2D eigenvalue weighted by atomic mass is 10.2. The lowest BCUT2D eigenvalue weighted by molar-refractivity contribution is -0.121. The number of carbonyl (C=O) groups excluding carboxylic acids is 1. The van der Waals surface area contributed by atoms with Crippen molar-refractivity contribution in [3.05, 3.63) is 27.9 Å². The molecular weight excluding hydrogens is 302 g/mol. The summed E-state index contributed by atoms with van der Waals surface area (Å²) in [5.41, 5.74) is 1.14. The Morgan fingerprint density at radius 1 is 1.45 bits per heavy atom. The van der Waals surface area contributed by atoms with E-state index in [9.17, 15) is 9.59 Å². The molecule has 1 aromatic rings. The van der Waals surface area contributed by atoms with Gasteiger partial charge in [-0.1, -0.05) is 0 Å². The Morgan fingerprint density at radius 2 is 2.18 bits per heavy atom. The van der Waals surface area contributed by atoms with Crippen molar-refractivity contribution in [1.29, 1.82) is 0 Å². The first-order chi connectivity index (χ1) is 10.6. The minimum atomic E-state index is -0.153. The quantitative estimate of drug-likeness (QED) is 0.786. The van der Waals surface area contributed by atoms with Gasteiger partial charge in [-0.15, -0.1) is 0 Å². The summed E-state index contributed by atoms with van der Waals surface area (Å²) in [7, 11) is 0. The third-order valence-electron chi connectivity index (χ3n) is 3.78. The van der Waals surface area contributed by atoms with Crippen molar-refractivity contribution in [1.82, 2.24) is 14.9 Å². The molecule has 0 radical (unpaired) electrons.